The molecule has 150 valence electrons. The number of fused-ring (bicyclic) bond motifs is 2. The van der Waals surface area contributed by atoms with Gasteiger partial charge in [0, 0.05) is 74.0 Å². The van der Waals surface area contributed by atoms with Crippen molar-refractivity contribution in [3.63, 3.8) is 0 Å². The SMILES string of the molecule is C[C@@H]1CN(c2ccnc3c2CCN3C(=O)Nc2ccc3nn(C)cc3c2)CCN1. The summed E-state index contributed by atoms with van der Waals surface area (Å²) in [6, 6.07) is 8.14. The van der Waals surface area contributed by atoms with Crippen LogP contribution >= 0.6 is 0 Å². The van der Waals surface area contributed by atoms with Gasteiger partial charge in [0.1, 0.15) is 5.82 Å². The second-order valence-corrected chi connectivity index (χ2v) is 7.84. The van der Waals surface area contributed by atoms with E-state index in [-0.39, 0.29) is 6.03 Å². The van der Waals surface area contributed by atoms with E-state index in [0.717, 1.165) is 48.5 Å². The van der Waals surface area contributed by atoms with E-state index in [9.17, 15) is 4.79 Å². The Balaban J connectivity index is 1.38. The van der Waals surface area contributed by atoms with Gasteiger partial charge in [-0.3, -0.25) is 9.58 Å². The maximum absolute atomic E-state index is 13.0. The fourth-order valence-corrected chi connectivity index (χ4v) is 4.34. The molecule has 2 aromatic heterocycles. The maximum Gasteiger partial charge on any atom is 0.327 e. The van der Waals surface area contributed by atoms with E-state index in [4.69, 9.17) is 0 Å². The number of carbonyl (C=O) groups is 1. The van der Waals surface area contributed by atoms with Crippen molar-refractivity contribution in [3.05, 3.63) is 42.2 Å². The van der Waals surface area contributed by atoms with E-state index >= 15 is 0 Å². The summed E-state index contributed by atoms with van der Waals surface area (Å²) in [6.07, 6.45) is 4.58. The van der Waals surface area contributed by atoms with Gasteiger partial charge in [-0.15, -0.1) is 0 Å². The minimum absolute atomic E-state index is 0.148. The van der Waals surface area contributed by atoms with Crippen molar-refractivity contribution in [3.8, 4) is 0 Å². The number of aryl methyl sites for hydroxylation is 1. The number of amides is 2. The monoisotopic (exact) mass is 391 g/mol. The molecule has 0 radical (unpaired) electrons. The van der Waals surface area contributed by atoms with E-state index in [0.29, 0.717) is 12.6 Å². The van der Waals surface area contributed by atoms with Gasteiger partial charge in [-0.25, -0.2) is 9.78 Å². The van der Waals surface area contributed by atoms with Crippen molar-refractivity contribution >= 4 is 34.1 Å². The van der Waals surface area contributed by atoms with Crippen LogP contribution in [-0.2, 0) is 13.5 Å². The molecule has 1 saturated heterocycles. The molecule has 0 aliphatic carbocycles. The summed E-state index contributed by atoms with van der Waals surface area (Å²) in [7, 11) is 1.89. The molecule has 4 heterocycles. The molecule has 3 aromatic rings. The second kappa shape index (κ2) is 7.04. The first-order valence-corrected chi connectivity index (χ1v) is 10.1. The predicted molar refractivity (Wildman–Crippen MR) is 115 cm³/mol. The minimum Gasteiger partial charge on any atom is -0.368 e. The average Bonchev–Trinajstić information content (AvgIpc) is 3.30. The number of carbonyl (C=O) groups excluding carboxylic acids is 1. The van der Waals surface area contributed by atoms with Crippen LogP contribution in [0, 0.1) is 0 Å². The highest BCUT2D eigenvalue weighted by molar-refractivity contribution is 6.03. The van der Waals surface area contributed by atoms with Crippen LogP contribution in [0.2, 0.25) is 0 Å². The second-order valence-electron chi connectivity index (χ2n) is 7.84. The number of pyridine rings is 1. The standard InChI is InChI=1S/C21H25N7O/c1-14-12-27(10-8-22-14)19-5-7-23-20-17(19)6-9-28(20)21(29)24-16-3-4-18-15(11-16)13-26(2)25-18/h3-5,7,11,13-14,22H,6,8-10,12H2,1-2H3,(H,24,29)/t14-/m1/s1. The first-order valence-electron chi connectivity index (χ1n) is 10.1. The van der Waals surface area contributed by atoms with Crippen LogP contribution in [0.5, 0.6) is 0 Å². The van der Waals surface area contributed by atoms with Crippen LogP contribution in [0.15, 0.2) is 36.7 Å². The maximum atomic E-state index is 13.0. The summed E-state index contributed by atoms with van der Waals surface area (Å²) >= 11 is 0. The molecule has 8 nitrogen and oxygen atoms in total. The number of benzene rings is 1. The number of hydrogen-bond donors (Lipinski definition) is 2. The Hall–Kier alpha value is -3.13. The van der Waals surface area contributed by atoms with E-state index < -0.39 is 0 Å². The number of aromatic nitrogens is 3. The summed E-state index contributed by atoms with van der Waals surface area (Å²) in [6.45, 7) is 5.75. The van der Waals surface area contributed by atoms with Gasteiger partial charge in [0.2, 0.25) is 0 Å². The lowest BCUT2D eigenvalue weighted by Gasteiger charge is -2.34. The molecule has 0 saturated carbocycles. The summed E-state index contributed by atoms with van der Waals surface area (Å²) in [5.41, 5.74) is 4.04. The molecule has 2 amide bonds. The topological polar surface area (TPSA) is 78.3 Å². The molecule has 1 fully saturated rings. The summed E-state index contributed by atoms with van der Waals surface area (Å²) in [4.78, 5) is 21.7. The Morgan fingerprint density at radius 2 is 2.17 bits per heavy atom. The van der Waals surface area contributed by atoms with Gasteiger partial charge >= 0.3 is 6.03 Å². The van der Waals surface area contributed by atoms with Gasteiger partial charge in [0.15, 0.2) is 0 Å². The first kappa shape index (κ1) is 17.9. The summed E-state index contributed by atoms with van der Waals surface area (Å²) < 4.78 is 1.77. The first-order chi connectivity index (χ1) is 14.1. The molecule has 1 atom stereocenters. The van der Waals surface area contributed by atoms with Gasteiger partial charge in [-0.05, 0) is 37.6 Å². The lowest BCUT2D eigenvalue weighted by molar-refractivity contribution is 0.257. The lowest BCUT2D eigenvalue weighted by atomic mass is 10.1. The van der Waals surface area contributed by atoms with Crippen molar-refractivity contribution in [1.29, 1.82) is 0 Å². The number of hydrogen-bond acceptors (Lipinski definition) is 5. The number of anilines is 3. The molecule has 0 bridgehead atoms. The molecular weight excluding hydrogens is 366 g/mol. The molecular formula is C21H25N7O. The molecule has 2 aliphatic rings. The van der Waals surface area contributed by atoms with E-state index in [1.807, 2.05) is 37.6 Å². The molecule has 0 spiro atoms. The number of rotatable bonds is 2. The fourth-order valence-electron chi connectivity index (χ4n) is 4.34. The van der Waals surface area contributed by atoms with Crippen LogP contribution < -0.4 is 20.4 Å². The molecule has 2 aliphatic heterocycles. The van der Waals surface area contributed by atoms with Crippen molar-refractivity contribution < 1.29 is 4.79 Å². The van der Waals surface area contributed by atoms with Gasteiger partial charge in [-0.2, -0.15) is 5.10 Å². The third-order valence-electron chi connectivity index (χ3n) is 5.67. The van der Waals surface area contributed by atoms with Crippen molar-refractivity contribution in [1.82, 2.24) is 20.1 Å². The van der Waals surface area contributed by atoms with Crippen LogP contribution in [0.1, 0.15) is 12.5 Å². The quantitative estimate of drug-likeness (QED) is 0.701. The number of urea groups is 1. The van der Waals surface area contributed by atoms with Crippen LogP contribution in [0.3, 0.4) is 0 Å². The summed E-state index contributed by atoms with van der Waals surface area (Å²) in [5, 5.41) is 11.9. The predicted octanol–water partition coefficient (Wildman–Crippen LogP) is 2.36. The zero-order valence-electron chi connectivity index (χ0n) is 16.7. The zero-order chi connectivity index (χ0) is 20.0. The Labute approximate surface area is 169 Å². The smallest absolute Gasteiger partial charge is 0.327 e. The van der Waals surface area contributed by atoms with Crippen molar-refractivity contribution in [2.75, 3.05) is 41.3 Å². The average molecular weight is 391 g/mol. The Bertz CT molecular complexity index is 1080. The molecule has 29 heavy (non-hydrogen) atoms. The van der Waals surface area contributed by atoms with Crippen LogP contribution in [0.4, 0.5) is 22.0 Å². The van der Waals surface area contributed by atoms with Gasteiger partial charge in [-0.1, -0.05) is 0 Å². The van der Waals surface area contributed by atoms with Crippen molar-refractivity contribution in [2.24, 2.45) is 7.05 Å². The highest BCUT2D eigenvalue weighted by Gasteiger charge is 2.30. The normalized spacial score (nSPS) is 18.9. The summed E-state index contributed by atoms with van der Waals surface area (Å²) in [5.74, 6) is 0.772. The Kier molecular flexibility index (Phi) is 4.35. The Morgan fingerprint density at radius 3 is 3.03 bits per heavy atom. The third-order valence-corrected chi connectivity index (χ3v) is 5.67. The van der Waals surface area contributed by atoms with E-state index in [1.54, 1.807) is 9.58 Å². The number of nitrogens with zero attached hydrogens (tertiary/aromatic N) is 5. The Morgan fingerprint density at radius 1 is 1.28 bits per heavy atom. The van der Waals surface area contributed by atoms with Crippen LogP contribution in [0.25, 0.3) is 10.9 Å². The third kappa shape index (κ3) is 3.29. The lowest BCUT2D eigenvalue weighted by Crippen LogP contribution is -2.49. The molecule has 2 N–H and O–H groups in total. The highest BCUT2D eigenvalue weighted by Crippen LogP contribution is 2.34. The number of piperazine rings is 1. The largest absolute Gasteiger partial charge is 0.368 e. The molecule has 8 heteroatoms. The highest BCUT2D eigenvalue weighted by atomic mass is 16.2. The zero-order valence-corrected chi connectivity index (χ0v) is 16.7. The number of nitrogens with one attached hydrogen (secondary N) is 2. The van der Waals surface area contributed by atoms with Crippen molar-refractivity contribution in [2.45, 2.75) is 19.4 Å². The minimum atomic E-state index is -0.148. The van der Waals surface area contributed by atoms with Crippen LogP contribution in [-0.4, -0.2) is 53.0 Å². The molecule has 0 unspecified atom stereocenters. The molecule has 5 rings (SSSR count). The van der Waals surface area contributed by atoms with E-state index in [1.165, 1.54) is 11.3 Å². The van der Waals surface area contributed by atoms with Gasteiger partial charge in [0.05, 0.1) is 5.52 Å². The fraction of sp³-hybridized carbons (Fsp3) is 0.381. The van der Waals surface area contributed by atoms with Gasteiger partial charge in [0.25, 0.3) is 0 Å². The molecule has 1 aromatic carbocycles. The van der Waals surface area contributed by atoms with E-state index in [2.05, 4.69) is 38.6 Å². The van der Waals surface area contributed by atoms with Gasteiger partial charge < -0.3 is 15.5 Å².